The van der Waals surface area contributed by atoms with Gasteiger partial charge in [0.25, 0.3) is 0 Å². The summed E-state index contributed by atoms with van der Waals surface area (Å²) in [4.78, 5) is 21.5. The van der Waals surface area contributed by atoms with Gasteiger partial charge in [0, 0.05) is 7.05 Å². The Bertz CT molecular complexity index is 596. The molecule has 1 amide bonds. The van der Waals surface area contributed by atoms with Crippen LogP contribution in [0, 0.1) is 0 Å². The van der Waals surface area contributed by atoms with Gasteiger partial charge in [-0.05, 0) is 18.2 Å². The molecular formula is C10H10ClNO5S. The van der Waals surface area contributed by atoms with Crippen LogP contribution in [-0.2, 0) is 14.6 Å². The molecule has 0 saturated carbocycles. The maximum Gasteiger partial charge on any atom is 0.335 e. The van der Waals surface area contributed by atoms with Crippen molar-refractivity contribution in [1.29, 1.82) is 0 Å². The third-order valence-electron chi connectivity index (χ3n) is 2.11. The standard InChI is InChI=1S/C10H10ClNO5S/c1-12-9(13)5-18(16,17)8-4-6(10(14)15)2-3-7(8)11/h2-4H,5H2,1H3,(H,12,13)(H,14,15). The van der Waals surface area contributed by atoms with Crippen LogP contribution in [-0.4, -0.2) is 38.2 Å². The van der Waals surface area contributed by atoms with E-state index in [2.05, 4.69) is 5.32 Å². The second kappa shape index (κ2) is 5.36. The Balaban J connectivity index is 3.27. The third-order valence-corrected chi connectivity index (χ3v) is 4.20. The number of hydrogen-bond acceptors (Lipinski definition) is 4. The number of aromatic carboxylic acids is 1. The molecule has 0 aliphatic rings. The molecule has 0 aliphatic heterocycles. The van der Waals surface area contributed by atoms with Crippen molar-refractivity contribution in [1.82, 2.24) is 5.32 Å². The zero-order chi connectivity index (χ0) is 13.9. The number of hydrogen-bond donors (Lipinski definition) is 2. The maximum absolute atomic E-state index is 11.9. The number of amides is 1. The summed E-state index contributed by atoms with van der Waals surface area (Å²) in [7, 11) is -2.67. The Hall–Kier alpha value is -1.60. The summed E-state index contributed by atoms with van der Waals surface area (Å²) in [5.41, 5.74) is -0.213. The summed E-state index contributed by atoms with van der Waals surface area (Å²) in [6.07, 6.45) is 0. The smallest absolute Gasteiger partial charge is 0.335 e. The summed E-state index contributed by atoms with van der Waals surface area (Å²) >= 11 is 5.71. The lowest BCUT2D eigenvalue weighted by atomic mass is 10.2. The highest BCUT2D eigenvalue weighted by molar-refractivity contribution is 7.92. The number of carbonyl (C=O) groups excluding carboxylic acids is 1. The average molecular weight is 292 g/mol. The number of sulfone groups is 1. The second-order valence-electron chi connectivity index (χ2n) is 3.38. The first-order valence-electron chi connectivity index (χ1n) is 4.74. The van der Waals surface area contributed by atoms with Crippen molar-refractivity contribution in [3.05, 3.63) is 28.8 Å². The molecule has 0 heterocycles. The predicted octanol–water partition coefficient (Wildman–Crippen LogP) is 0.558. The molecule has 0 aromatic heterocycles. The van der Waals surface area contributed by atoms with Gasteiger partial charge in [-0.1, -0.05) is 11.6 Å². The van der Waals surface area contributed by atoms with Gasteiger partial charge in [-0.3, -0.25) is 4.79 Å². The fourth-order valence-electron chi connectivity index (χ4n) is 1.20. The summed E-state index contributed by atoms with van der Waals surface area (Å²) in [5.74, 6) is -2.76. The molecule has 6 nitrogen and oxygen atoms in total. The zero-order valence-corrected chi connectivity index (χ0v) is 10.9. The number of carbonyl (C=O) groups is 2. The molecule has 0 spiro atoms. The summed E-state index contributed by atoms with van der Waals surface area (Å²) in [6.45, 7) is 0. The Morgan fingerprint density at radius 3 is 2.50 bits per heavy atom. The van der Waals surface area contributed by atoms with E-state index in [9.17, 15) is 18.0 Å². The van der Waals surface area contributed by atoms with Crippen LogP contribution in [0.5, 0.6) is 0 Å². The minimum absolute atomic E-state index is 0.121. The van der Waals surface area contributed by atoms with Crippen LogP contribution < -0.4 is 5.32 Å². The van der Waals surface area contributed by atoms with Crippen LogP contribution in [0.4, 0.5) is 0 Å². The minimum atomic E-state index is -3.97. The maximum atomic E-state index is 11.9. The molecule has 0 atom stereocenters. The zero-order valence-electron chi connectivity index (χ0n) is 9.31. The molecule has 1 aromatic carbocycles. The highest BCUT2D eigenvalue weighted by Gasteiger charge is 2.23. The Morgan fingerprint density at radius 1 is 1.39 bits per heavy atom. The number of halogens is 1. The van der Waals surface area contributed by atoms with Gasteiger partial charge in [-0.15, -0.1) is 0 Å². The lowest BCUT2D eigenvalue weighted by molar-refractivity contribution is -0.118. The van der Waals surface area contributed by atoms with Gasteiger partial charge in [-0.25, -0.2) is 13.2 Å². The molecule has 1 rings (SSSR count). The van der Waals surface area contributed by atoms with Gasteiger partial charge in [0.15, 0.2) is 9.84 Å². The lowest BCUT2D eigenvalue weighted by Gasteiger charge is -2.06. The molecule has 0 bridgehead atoms. The van der Waals surface area contributed by atoms with Gasteiger partial charge in [0.1, 0.15) is 5.75 Å². The van der Waals surface area contributed by atoms with E-state index in [4.69, 9.17) is 16.7 Å². The predicted molar refractivity (Wildman–Crippen MR) is 64.5 cm³/mol. The molecule has 0 unspecified atom stereocenters. The van der Waals surface area contributed by atoms with Crippen molar-refractivity contribution in [3.8, 4) is 0 Å². The molecule has 98 valence electrons. The first kappa shape index (κ1) is 14.5. The summed E-state index contributed by atoms with van der Waals surface area (Å²) in [6, 6.07) is 3.29. The van der Waals surface area contributed by atoms with Crippen molar-refractivity contribution < 1.29 is 23.1 Å². The fourth-order valence-corrected chi connectivity index (χ4v) is 2.98. The van der Waals surface area contributed by atoms with Crippen molar-refractivity contribution in [2.45, 2.75) is 4.90 Å². The van der Waals surface area contributed by atoms with E-state index >= 15 is 0 Å². The molecule has 0 saturated heterocycles. The molecule has 0 fully saturated rings. The van der Waals surface area contributed by atoms with Gasteiger partial charge in [0.05, 0.1) is 15.5 Å². The van der Waals surface area contributed by atoms with E-state index in [1.807, 2.05) is 0 Å². The van der Waals surface area contributed by atoms with Crippen molar-refractivity contribution in [3.63, 3.8) is 0 Å². The Morgan fingerprint density at radius 2 is 2.00 bits per heavy atom. The van der Waals surface area contributed by atoms with Gasteiger partial charge < -0.3 is 10.4 Å². The van der Waals surface area contributed by atoms with Crippen LogP contribution in [0.3, 0.4) is 0 Å². The van der Waals surface area contributed by atoms with Crippen molar-refractivity contribution in [2.24, 2.45) is 0 Å². The Labute approximate surface area is 108 Å². The quantitative estimate of drug-likeness (QED) is 0.844. The molecular weight excluding hydrogens is 282 g/mol. The summed E-state index contributed by atoms with van der Waals surface area (Å²) in [5, 5.41) is 10.8. The van der Waals surface area contributed by atoms with E-state index in [0.717, 1.165) is 6.07 Å². The second-order valence-corrected chi connectivity index (χ2v) is 5.75. The van der Waals surface area contributed by atoms with Crippen LogP contribution in [0.15, 0.2) is 23.1 Å². The highest BCUT2D eigenvalue weighted by atomic mass is 35.5. The number of carboxylic acids is 1. The molecule has 2 N–H and O–H groups in total. The normalized spacial score (nSPS) is 11.0. The lowest BCUT2D eigenvalue weighted by Crippen LogP contribution is -2.27. The van der Waals surface area contributed by atoms with Crippen LogP contribution >= 0.6 is 11.6 Å². The first-order valence-corrected chi connectivity index (χ1v) is 6.77. The fraction of sp³-hybridized carbons (Fsp3) is 0.200. The van der Waals surface area contributed by atoms with Gasteiger partial charge in [0.2, 0.25) is 5.91 Å². The van der Waals surface area contributed by atoms with Crippen LogP contribution in [0.2, 0.25) is 5.02 Å². The van der Waals surface area contributed by atoms with E-state index in [-0.39, 0.29) is 15.5 Å². The van der Waals surface area contributed by atoms with E-state index in [0.29, 0.717) is 0 Å². The molecule has 18 heavy (non-hydrogen) atoms. The van der Waals surface area contributed by atoms with E-state index in [1.165, 1.54) is 19.2 Å². The molecule has 0 aliphatic carbocycles. The van der Waals surface area contributed by atoms with Gasteiger partial charge >= 0.3 is 5.97 Å². The number of carboxylic acid groups (broad SMARTS) is 1. The number of benzene rings is 1. The average Bonchev–Trinajstić information content (AvgIpc) is 2.28. The molecule has 1 aromatic rings. The Kier molecular flexibility index (Phi) is 4.31. The monoisotopic (exact) mass is 291 g/mol. The number of nitrogens with one attached hydrogen (secondary N) is 1. The third kappa shape index (κ3) is 3.21. The SMILES string of the molecule is CNC(=O)CS(=O)(=O)c1cc(C(=O)O)ccc1Cl. The first-order chi connectivity index (χ1) is 8.27. The van der Waals surface area contributed by atoms with E-state index in [1.54, 1.807) is 0 Å². The van der Waals surface area contributed by atoms with Crippen LogP contribution in [0.25, 0.3) is 0 Å². The molecule has 0 radical (unpaired) electrons. The van der Waals surface area contributed by atoms with Crippen molar-refractivity contribution in [2.75, 3.05) is 12.8 Å². The highest BCUT2D eigenvalue weighted by Crippen LogP contribution is 2.23. The largest absolute Gasteiger partial charge is 0.478 e. The molecule has 8 heteroatoms. The summed E-state index contributed by atoms with van der Waals surface area (Å²) < 4.78 is 23.7. The topological polar surface area (TPSA) is 101 Å². The van der Waals surface area contributed by atoms with Gasteiger partial charge in [-0.2, -0.15) is 0 Å². The minimum Gasteiger partial charge on any atom is -0.478 e. The van der Waals surface area contributed by atoms with Crippen molar-refractivity contribution >= 4 is 33.3 Å². The number of rotatable bonds is 4. The van der Waals surface area contributed by atoms with E-state index < -0.39 is 27.5 Å². The van der Waals surface area contributed by atoms with Crippen LogP contribution in [0.1, 0.15) is 10.4 Å².